The Morgan fingerprint density at radius 1 is 1.15 bits per heavy atom. The lowest BCUT2D eigenvalue weighted by Crippen LogP contribution is -2.49. The van der Waals surface area contributed by atoms with Crippen LogP contribution in [0.25, 0.3) is 0 Å². The molecule has 0 bridgehead atoms. The monoisotopic (exact) mass is 374 g/mol. The first kappa shape index (κ1) is 19.1. The Bertz CT molecular complexity index is 725. The van der Waals surface area contributed by atoms with E-state index in [1.807, 2.05) is 13.8 Å². The Morgan fingerprint density at radius 2 is 1.85 bits per heavy atom. The van der Waals surface area contributed by atoms with Crippen LogP contribution in [0.5, 0.6) is 0 Å². The molecule has 27 heavy (non-hydrogen) atoms. The zero-order valence-corrected chi connectivity index (χ0v) is 16.0. The highest BCUT2D eigenvalue weighted by atomic mass is 16.2. The summed E-state index contributed by atoms with van der Waals surface area (Å²) in [6.45, 7) is 6.04. The predicted molar refractivity (Wildman–Crippen MR) is 97.9 cm³/mol. The van der Waals surface area contributed by atoms with Crippen molar-refractivity contribution >= 4 is 17.8 Å². The van der Waals surface area contributed by atoms with E-state index in [4.69, 9.17) is 0 Å². The number of amides is 4. The molecule has 1 unspecified atom stereocenters. The quantitative estimate of drug-likeness (QED) is 0.797. The second kappa shape index (κ2) is 7.50. The van der Waals surface area contributed by atoms with Crippen LogP contribution in [-0.4, -0.2) is 88.6 Å². The first-order valence-electron chi connectivity index (χ1n) is 9.15. The van der Waals surface area contributed by atoms with Crippen LogP contribution in [0, 0.1) is 5.41 Å². The van der Waals surface area contributed by atoms with Crippen molar-refractivity contribution in [2.75, 3.05) is 39.8 Å². The molecule has 1 atom stereocenters. The van der Waals surface area contributed by atoms with Crippen LogP contribution in [-0.2, 0) is 4.79 Å². The SMILES string of the molecule is CC(C)NC(=O)N1CCN(C(=O)c2ccnnc2)CC2(CC(=O)N(C)C2)C1. The van der Waals surface area contributed by atoms with Crippen molar-refractivity contribution in [2.24, 2.45) is 5.41 Å². The minimum Gasteiger partial charge on any atom is -0.345 e. The summed E-state index contributed by atoms with van der Waals surface area (Å²) in [5.41, 5.74) is -0.00911. The maximum absolute atomic E-state index is 13.0. The highest BCUT2D eigenvalue weighted by Crippen LogP contribution is 2.34. The predicted octanol–water partition coefficient (Wildman–Crippen LogP) is 0.201. The molecule has 9 heteroatoms. The molecule has 0 aromatic carbocycles. The van der Waals surface area contributed by atoms with Crippen LogP contribution < -0.4 is 5.32 Å². The zero-order valence-electron chi connectivity index (χ0n) is 16.0. The number of hydrogen-bond acceptors (Lipinski definition) is 5. The normalized spacial score (nSPS) is 23.1. The highest BCUT2D eigenvalue weighted by molar-refractivity contribution is 5.94. The molecule has 2 saturated heterocycles. The number of likely N-dealkylation sites (tertiary alicyclic amines) is 1. The van der Waals surface area contributed by atoms with Gasteiger partial charge in [-0.25, -0.2) is 4.79 Å². The molecule has 0 aliphatic carbocycles. The van der Waals surface area contributed by atoms with Crippen molar-refractivity contribution < 1.29 is 14.4 Å². The van der Waals surface area contributed by atoms with Crippen molar-refractivity contribution in [1.29, 1.82) is 0 Å². The summed E-state index contributed by atoms with van der Waals surface area (Å²) in [6, 6.07) is 1.48. The van der Waals surface area contributed by atoms with Crippen molar-refractivity contribution in [2.45, 2.75) is 26.3 Å². The Morgan fingerprint density at radius 3 is 2.44 bits per heavy atom. The lowest BCUT2D eigenvalue weighted by Gasteiger charge is -2.33. The molecule has 2 aliphatic rings. The topological polar surface area (TPSA) is 98.7 Å². The molecule has 9 nitrogen and oxygen atoms in total. The lowest BCUT2D eigenvalue weighted by molar-refractivity contribution is -0.126. The van der Waals surface area contributed by atoms with Crippen LogP contribution in [0.2, 0.25) is 0 Å². The summed E-state index contributed by atoms with van der Waals surface area (Å²) in [7, 11) is 1.76. The maximum atomic E-state index is 13.0. The minimum atomic E-state index is -0.466. The molecule has 0 saturated carbocycles. The van der Waals surface area contributed by atoms with Gasteiger partial charge < -0.3 is 20.0 Å². The number of nitrogens with zero attached hydrogens (tertiary/aromatic N) is 5. The highest BCUT2D eigenvalue weighted by Gasteiger charge is 2.47. The number of aromatic nitrogens is 2. The summed E-state index contributed by atoms with van der Waals surface area (Å²) in [4.78, 5) is 42.9. The lowest BCUT2D eigenvalue weighted by atomic mass is 9.86. The number of nitrogens with one attached hydrogen (secondary N) is 1. The first-order valence-corrected chi connectivity index (χ1v) is 9.15. The van der Waals surface area contributed by atoms with E-state index in [0.717, 1.165) is 0 Å². The summed E-state index contributed by atoms with van der Waals surface area (Å²) in [6.07, 6.45) is 3.25. The summed E-state index contributed by atoms with van der Waals surface area (Å²) < 4.78 is 0. The largest absolute Gasteiger partial charge is 0.345 e. The second-order valence-electron chi connectivity index (χ2n) is 7.81. The van der Waals surface area contributed by atoms with Crippen LogP contribution in [0.4, 0.5) is 4.79 Å². The molecule has 2 fully saturated rings. The fourth-order valence-corrected chi connectivity index (χ4v) is 3.86. The van der Waals surface area contributed by atoms with Gasteiger partial charge in [0.2, 0.25) is 5.91 Å². The molecule has 0 radical (unpaired) electrons. The fraction of sp³-hybridized carbons (Fsp3) is 0.611. The van der Waals surface area contributed by atoms with Gasteiger partial charge in [0.15, 0.2) is 0 Å². The van der Waals surface area contributed by atoms with Gasteiger partial charge in [0.25, 0.3) is 5.91 Å². The van der Waals surface area contributed by atoms with Gasteiger partial charge in [0.1, 0.15) is 0 Å². The van der Waals surface area contributed by atoms with Gasteiger partial charge in [0.05, 0.1) is 18.0 Å². The van der Waals surface area contributed by atoms with Crippen LogP contribution in [0.3, 0.4) is 0 Å². The molecule has 3 heterocycles. The Balaban J connectivity index is 1.85. The van der Waals surface area contributed by atoms with E-state index in [-0.39, 0.29) is 23.9 Å². The minimum absolute atomic E-state index is 0.0187. The Kier molecular flexibility index (Phi) is 5.29. The number of hydrogen-bond donors (Lipinski definition) is 1. The van der Waals surface area contributed by atoms with Gasteiger partial charge in [0, 0.05) is 57.6 Å². The molecule has 3 rings (SSSR count). The van der Waals surface area contributed by atoms with Crippen molar-refractivity contribution in [3.8, 4) is 0 Å². The van der Waals surface area contributed by atoms with Gasteiger partial charge in [-0.05, 0) is 19.9 Å². The molecular formula is C18H26N6O3. The first-order chi connectivity index (χ1) is 12.8. The molecule has 2 aliphatic heterocycles. The van der Waals surface area contributed by atoms with E-state index >= 15 is 0 Å². The number of carbonyl (C=O) groups excluding carboxylic acids is 3. The van der Waals surface area contributed by atoms with Gasteiger partial charge >= 0.3 is 6.03 Å². The number of rotatable bonds is 2. The van der Waals surface area contributed by atoms with Crippen LogP contribution in [0.1, 0.15) is 30.6 Å². The van der Waals surface area contributed by atoms with Crippen molar-refractivity contribution in [1.82, 2.24) is 30.2 Å². The average Bonchev–Trinajstić information content (AvgIpc) is 2.79. The van der Waals surface area contributed by atoms with Gasteiger partial charge in [-0.1, -0.05) is 0 Å². The second-order valence-corrected chi connectivity index (χ2v) is 7.81. The van der Waals surface area contributed by atoms with E-state index in [1.165, 1.54) is 12.4 Å². The van der Waals surface area contributed by atoms with E-state index < -0.39 is 5.41 Å². The third kappa shape index (κ3) is 4.17. The van der Waals surface area contributed by atoms with Gasteiger partial charge in [-0.3, -0.25) is 9.59 Å². The number of carbonyl (C=O) groups is 3. The van der Waals surface area contributed by atoms with E-state index in [9.17, 15) is 14.4 Å². The van der Waals surface area contributed by atoms with Crippen LogP contribution >= 0.6 is 0 Å². The van der Waals surface area contributed by atoms with Crippen LogP contribution in [0.15, 0.2) is 18.5 Å². The standard InChI is InChI=1S/C18H26N6O3/c1-13(2)21-17(27)24-7-6-23(16(26)14-4-5-19-20-9-14)11-18(12-24)8-15(25)22(3)10-18/h4-5,9,13H,6-8,10-12H2,1-3H3,(H,21,27). The van der Waals surface area contributed by atoms with E-state index in [0.29, 0.717) is 44.7 Å². The smallest absolute Gasteiger partial charge is 0.317 e. The van der Waals surface area contributed by atoms with E-state index in [1.54, 1.807) is 27.8 Å². The summed E-state index contributed by atoms with van der Waals surface area (Å²) in [5.74, 6) is -0.114. The molecule has 1 N–H and O–H groups in total. The van der Waals surface area contributed by atoms with Gasteiger partial charge in [-0.15, -0.1) is 0 Å². The number of urea groups is 1. The molecule has 146 valence electrons. The zero-order chi connectivity index (χ0) is 19.6. The Labute approximate surface area is 158 Å². The summed E-state index contributed by atoms with van der Waals surface area (Å²) in [5, 5.41) is 10.4. The molecule has 1 aromatic rings. The third-order valence-corrected chi connectivity index (χ3v) is 5.03. The van der Waals surface area contributed by atoms with Crippen molar-refractivity contribution in [3.05, 3.63) is 24.0 Å². The summed E-state index contributed by atoms with van der Waals surface area (Å²) >= 11 is 0. The van der Waals surface area contributed by atoms with E-state index in [2.05, 4.69) is 15.5 Å². The molecule has 4 amide bonds. The molecule has 1 spiro atoms. The van der Waals surface area contributed by atoms with Gasteiger partial charge in [-0.2, -0.15) is 10.2 Å². The Hall–Kier alpha value is -2.71. The molecule has 1 aromatic heterocycles. The van der Waals surface area contributed by atoms with Crippen molar-refractivity contribution in [3.63, 3.8) is 0 Å². The average molecular weight is 374 g/mol. The maximum Gasteiger partial charge on any atom is 0.317 e. The molecular weight excluding hydrogens is 348 g/mol. The third-order valence-electron chi connectivity index (χ3n) is 5.03. The fourth-order valence-electron chi connectivity index (χ4n) is 3.86.